The molecule has 1 aromatic heterocycles. The molecule has 0 aliphatic carbocycles. The number of benzene rings is 1. The minimum atomic E-state index is -1.33. The summed E-state index contributed by atoms with van der Waals surface area (Å²) in [7, 11) is 1.27. The highest BCUT2D eigenvalue weighted by Crippen LogP contribution is 2.49. The highest BCUT2D eigenvalue weighted by molar-refractivity contribution is 6.24. The highest BCUT2D eigenvalue weighted by atomic mass is 16.5. The molecule has 3 heterocycles. The lowest BCUT2D eigenvalue weighted by Crippen LogP contribution is -2.54. The van der Waals surface area contributed by atoms with Gasteiger partial charge in [-0.1, -0.05) is 17.7 Å². The fourth-order valence-corrected chi connectivity index (χ4v) is 4.20. The van der Waals surface area contributed by atoms with Crippen molar-refractivity contribution in [2.45, 2.75) is 25.4 Å². The van der Waals surface area contributed by atoms with Gasteiger partial charge in [0.25, 0.3) is 0 Å². The number of aryl methyl sites for hydroxylation is 1. The Morgan fingerprint density at radius 1 is 1.19 bits per heavy atom. The van der Waals surface area contributed by atoms with Gasteiger partial charge in [-0.2, -0.15) is 0 Å². The van der Waals surface area contributed by atoms with Crippen LogP contribution in [0.25, 0.3) is 0 Å². The number of imide groups is 1. The third-order valence-corrected chi connectivity index (χ3v) is 5.54. The van der Waals surface area contributed by atoms with E-state index in [1.807, 2.05) is 19.1 Å². The normalized spacial score (nSPS) is 29.9. The van der Waals surface area contributed by atoms with Gasteiger partial charge in [0.15, 0.2) is 0 Å². The van der Waals surface area contributed by atoms with E-state index in [-0.39, 0.29) is 5.91 Å². The van der Waals surface area contributed by atoms with E-state index in [1.54, 1.807) is 31.2 Å². The first kappa shape index (κ1) is 17.5. The van der Waals surface area contributed by atoms with Gasteiger partial charge < -0.3 is 9.15 Å². The van der Waals surface area contributed by atoms with Crippen LogP contribution in [-0.4, -0.2) is 30.4 Å². The molecule has 2 aromatic rings. The molecule has 0 unspecified atom stereocenters. The van der Waals surface area contributed by atoms with Crippen molar-refractivity contribution in [1.29, 1.82) is 0 Å². The molecule has 0 spiro atoms. The van der Waals surface area contributed by atoms with Crippen LogP contribution in [0.3, 0.4) is 0 Å². The molecule has 4 atom stereocenters. The summed E-state index contributed by atoms with van der Waals surface area (Å²) in [5.74, 6) is -2.48. The number of carbonyl (C=O) groups excluding carboxylic acids is 3. The zero-order valence-electron chi connectivity index (χ0n) is 15.3. The highest BCUT2D eigenvalue weighted by Gasteiger charge is 2.67. The Morgan fingerprint density at radius 3 is 2.48 bits per heavy atom. The van der Waals surface area contributed by atoms with Crippen LogP contribution in [0, 0.1) is 18.8 Å². The van der Waals surface area contributed by atoms with Crippen LogP contribution in [0.4, 0.5) is 5.69 Å². The largest absolute Gasteiger partial charge is 0.468 e. The van der Waals surface area contributed by atoms with E-state index in [0.717, 1.165) is 5.56 Å². The van der Waals surface area contributed by atoms with E-state index in [9.17, 15) is 14.4 Å². The number of fused-ring (bicyclic) bond motifs is 1. The predicted octanol–water partition coefficient (Wildman–Crippen LogP) is 1.97. The van der Waals surface area contributed by atoms with E-state index in [0.29, 0.717) is 11.4 Å². The number of amides is 2. The summed E-state index contributed by atoms with van der Waals surface area (Å²) < 4.78 is 10.4. The fraction of sp³-hybridized carbons (Fsp3) is 0.350. The van der Waals surface area contributed by atoms with Crippen LogP contribution in [0.1, 0.15) is 24.3 Å². The molecule has 1 aromatic carbocycles. The molecule has 2 amide bonds. The van der Waals surface area contributed by atoms with Crippen LogP contribution in [-0.2, 0) is 19.1 Å². The van der Waals surface area contributed by atoms with Gasteiger partial charge in [0.05, 0.1) is 36.9 Å². The summed E-state index contributed by atoms with van der Waals surface area (Å²) in [6.45, 7) is 3.53. The molecule has 0 bridgehead atoms. The zero-order chi connectivity index (χ0) is 19.3. The Labute approximate surface area is 156 Å². The van der Waals surface area contributed by atoms with Gasteiger partial charge in [0, 0.05) is 0 Å². The van der Waals surface area contributed by atoms with Gasteiger partial charge in [-0.25, -0.2) is 4.90 Å². The smallest absolute Gasteiger partial charge is 0.326 e. The number of esters is 1. The Hall–Kier alpha value is -2.93. The molecule has 7 heteroatoms. The van der Waals surface area contributed by atoms with Gasteiger partial charge in [0.2, 0.25) is 11.8 Å². The van der Waals surface area contributed by atoms with Crippen LogP contribution < -0.4 is 10.2 Å². The molecule has 140 valence electrons. The van der Waals surface area contributed by atoms with E-state index in [1.165, 1.54) is 18.3 Å². The average molecular weight is 368 g/mol. The number of hydrogen-bond acceptors (Lipinski definition) is 6. The standard InChI is InChI=1S/C20H20N2O5/c1-11-6-8-12(9-7-11)22-17(23)14-15(18(22)24)20(2,19(25)26-3)21-16(14)13-5-4-10-27-13/h4-10,14-16,21H,1-3H3/t14-,15-,16+,20+/m0/s1. The number of methoxy groups -OCH3 is 1. The van der Waals surface area contributed by atoms with Gasteiger partial charge in [-0.3, -0.25) is 19.7 Å². The number of furan rings is 1. The number of anilines is 1. The molecule has 2 aliphatic rings. The summed E-state index contributed by atoms with van der Waals surface area (Å²) in [5.41, 5.74) is 0.186. The molecule has 2 fully saturated rings. The van der Waals surface area contributed by atoms with Crippen LogP contribution in [0.2, 0.25) is 0 Å². The predicted molar refractivity (Wildman–Crippen MR) is 95.7 cm³/mol. The second-order valence-electron chi connectivity index (χ2n) is 7.18. The molecular formula is C20H20N2O5. The zero-order valence-corrected chi connectivity index (χ0v) is 15.3. The quantitative estimate of drug-likeness (QED) is 0.658. The third kappa shape index (κ3) is 2.42. The topological polar surface area (TPSA) is 88.8 Å². The number of hydrogen-bond donors (Lipinski definition) is 1. The fourth-order valence-electron chi connectivity index (χ4n) is 4.20. The van der Waals surface area contributed by atoms with Crippen LogP contribution in [0.5, 0.6) is 0 Å². The second kappa shape index (κ2) is 6.06. The van der Waals surface area contributed by atoms with E-state index < -0.39 is 35.3 Å². The molecule has 7 nitrogen and oxygen atoms in total. The number of nitrogens with one attached hydrogen (secondary N) is 1. The van der Waals surface area contributed by atoms with Crippen molar-refractivity contribution >= 4 is 23.5 Å². The lowest BCUT2D eigenvalue weighted by molar-refractivity contribution is -0.151. The maximum Gasteiger partial charge on any atom is 0.326 e. The summed E-state index contributed by atoms with van der Waals surface area (Å²) in [6.07, 6.45) is 1.50. The first-order valence-electron chi connectivity index (χ1n) is 8.72. The molecule has 27 heavy (non-hydrogen) atoms. The van der Waals surface area contributed by atoms with Crippen LogP contribution in [0.15, 0.2) is 47.1 Å². The second-order valence-corrected chi connectivity index (χ2v) is 7.18. The summed E-state index contributed by atoms with van der Waals surface area (Å²) in [4.78, 5) is 40.2. The number of carbonyl (C=O) groups is 3. The van der Waals surface area contributed by atoms with Crippen molar-refractivity contribution < 1.29 is 23.5 Å². The van der Waals surface area contributed by atoms with Crippen molar-refractivity contribution in [3.63, 3.8) is 0 Å². The summed E-state index contributed by atoms with van der Waals surface area (Å²) in [5, 5.41) is 3.13. The Morgan fingerprint density at radius 2 is 1.89 bits per heavy atom. The summed E-state index contributed by atoms with van der Waals surface area (Å²) >= 11 is 0. The lowest BCUT2D eigenvalue weighted by Gasteiger charge is -2.28. The van der Waals surface area contributed by atoms with Gasteiger partial charge in [-0.15, -0.1) is 0 Å². The Bertz CT molecular complexity index is 905. The Balaban J connectivity index is 1.81. The molecule has 4 rings (SSSR count). The SMILES string of the molecule is COC(=O)[C@]1(C)N[C@H](c2ccco2)[C@H]2C(=O)N(c3ccc(C)cc3)C(=O)[C@H]21. The number of ether oxygens (including phenoxy) is 1. The van der Waals surface area contributed by atoms with E-state index in [2.05, 4.69) is 5.32 Å². The molecule has 1 N–H and O–H groups in total. The first-order valence-corrected chi connectivity index (χ1v) is 8.72. The average Bonchev–Trinajstić information content (AvgIpc) is 3.34. The Kier molecular flexibility index (Phi) is 3.92. The van der Waals surface area contributed by atoms with Gasteiger partial charge >= 0.3 is 5.97 Å². The van der Waals surface area contributed by atoms with Crippen molar-refractivity contribution in [3.05, 3.63) is 54.0 Å². The monoisotopic (exact) mass is 368 g/mol. The lowest BCUT2D eigenvalue weighted by atomic mass is 9.81. The van der Waals surface area contributed by atoms with E-state index >= 15 is 0 Å². The van der Waals surface area contributed by atoms with Crippen LogP contribution >= 0.6 is 0 Å². The van der Waals surface area contributed by atoms with E-state index in [4.69, 9.17) is 9.15 Å². The van der Waals surface area contributed by atoms with Gasteiger partial charge in [-0.05, 0) is 38.1 Å². The first-order chi connectivity index (χ1) is 12.9. The number of nitrogens with zero attached hydrogens (tertiary/aromatic N) is 1. The molecule has 0 radical (unpaired) electrons. The molecule has 0 saturated carbocycles. The minimum Gasteiger partial charge on any atom is -0.468 e. The van der Waals surface area contributed by atoms with Crippen molar-refractivity contribution in [1.82, 2.24) is 5.32 Å². The molecule has 2 saturated heterocycles. The number of rotatable bonds is 3. The van der Waals surface area contributed by atoms with Crippen molar-refractivity contribution in [2.75, 3.05) is 12.0 Å². The van der Waals surface area contributed by atoms with Gasteiger partial charge in [0.1, 0.15) is 11.3 Å². The van der Waals surface area contributed by atoms with Crippen molar-refractivity contribution in [3.8, 4) is 0 Å². The third-order valence-electron chi connectivity index (χ3n) is 5.54. The molecule has 2 aliphatic heterocycles. The minimum absolute atomic E-state index is 0.351. The van der Waals surface area contributed by atoms with Crippen molar-refractivity contribution in [2.24, 2.45) is 11.8 Å². The maximum absolute atomic E-state index is 13.3. The summed E-state index contributed by atoms with van der Waals surface area (Å²) in [6, 6.07) is 9.98. The maximum atomic E-state index is 13.3. The molecular weight excluding hydrogens is 348 g/mol.